The van der Waals surface area contributed by atoms with E-state index in [1.165, 1.54) is 6.07 Å². The van der Waals surface area contributed by atoms with Crippen LogP contribution in [-0.4, -0.2) is 7.05 Å². The number of rotatable bonds is 4. The van der Waals surface area contributed by atoms with Crippen LogP contribution in [0.4, 0.5) is 8.78 Å². The highest BCUT2D eigenvalue weighted by Gasteiger charge is 2.13. The van der Waals surface area contributed by atoms with Gasteiger partial charge in [0, 0.05) is 6.04 Å². The maximum Gasteiger partial charge on any atom is 0.159 e. The average Bonchev–Trinajstić information content (AvgIpc) is 2.43. The quantitative estimate of drug-likeness (QED) is 0.856. The predicted molar refractivity (Wildman–Crippen MR) is 78.3 cm³/mol. The molecule has 0 aliphatic heterocycles. The standard InChI is InChI=1S/C15H13Cl2F2N/c1-20-15(10-3-5-13(18)14(19)8-10)7-9-2-4-11(16)12(17)6-9/h2-6,8,15,20H,7H2,1H3. The molecule has 0 saturated carbocycles. The molecule has 0 aliphatic carbocycles. The molecule has 2 aromatic rings. The van der Waals surface area contributed by atoms with Gasteiger partial charge >= 0.3 is 0 Å². The summed E-state index contributed by atoms with van der Waals surface area (Å²) in [5.41, 5.74) is 1.64. The molecule has 106 valence electrons. The van der Waals surface area contributed by atoms with Crippen molar-refractivity contribution in [2.75, 3.05) is 7.05 Å². The van der Waals surface area contributed by atoms with Gasteiger partial charge in [0.25, 0.3) is 0 Å². The van der Waals surface area contributed by atoms with Gasteiger partial charge in [0.1, 0.15) is 0 Å². The van der Waals surface area contributed by atoms with Crippen LogP contribution in [0.1, 0.15) is 17.2 Å². The lowest BCUT2D eigenvalue weighted by molar-refractivity contribution is 0.501. The predicted octanol–water partition coefficient (Wildman–Crippen LogP) is 4.77. The van der Waals surface area contributed by atoms with Gasteiger partial charge in [-0.2, -0.15) is 0 Å². The summed E-state index contributed by atoms with van der Waals surface area (Å²) in [6.07, 6.45) is 0.596. The number of benzene rings is 2. The van der Waals surface area contributed by atoms with Crippen molar-refractivity contribution in [3.63, 3.8) is 0 Å². The van der Waals surface area contributed by atoms with E-state index in [2.05, 4.69) is 5.32 Å². The molecule has 2 aromatic carbocycles. The maximum absolute atomic E-state index is 13.3. The van der Waals surface area contributed by atoms with Crippen molar-refractivity contribution in [3.05, 3.63) is 69.2 Å². The second kappa shape index (κ2) is 6.53. The van der Waals surface area contributed by atoms with Crippen molar-refractivity contribution < 1.29 is 8.78 Å². The Morgan fingerprint density at radius 2 is 1.75 bits per heavy atom. The van der Waals surface area contributed by atoms with Gasteiger partial charge in [0.2, 0.25) is 0 Å². The number of hydrogen-bond acceptors (Lipinski definition) is 1. The average molecular weight is 316 g/mol. The van der Waals surface area contributed by atoms with Crippen LogP contribution in [0.5, 0.6) is 0 Å². The molecule has 2 rings (SSSR count). The van der Waals surface area contributed by atoms with E-state index in [4.69, 9.17) is 23.2 Å². The van der Waals surface area contributed by atoms with Gasteiger partial charge in [-0.25, -0.2) is 8.78 Å². The van der Waals surface area contributed by atoms with Crippen LogP contribution in [0, 0.1) is 11.6 Å². The van der Waals surface area contributed by atoms with E-state index in [-0.39, 0.29) is 6.04 Å². The van der Waals surface area contributed by atoms with E-state index in [1.54, 1.807) is 25.2 Å². The normalized spacial score (nSPS) is 12.4. The van der Waals surface area contributed by atoms with E-state index in [9.17, 15) is 8.78 Å². The smallest absolute Gasteiger partial charge is 0.159 e. The molecule has 1 N–H and O–H groups in total. The monoisotopic (exact) mass is 315 g/mol. The van der Waals surface area contributed by atoms with Gasteiger partial charge in [-0.15, -0.1) is 0 Å². The van der Waals surface area contributed by atoms with Gasteiger partial charge in [-0.3, -0.25) is 0 Å². The molecular weight excluding hydrogens is 303 g/mol. The van der Waals surface area contributed by atoms with E-state index in [0.29, 0.717) is 22.0 Å². The van der Waals surface area contributed by atoms with E-state index >= 15 is 0 Å². The summed E-state index contributed by atoms with van der Waals surface area (Å²) in [7, 11) is 1.77. The first-order chi connectivity index (χ1) is 9.51. The third-order valence-electron chi connectivity index (χ3n) is 3.12. The summed E-state index contributed by atoms with van der Waals surface area (Å²) >= 11 is 11.8. The zero-order chi connectivity index (χ0) is 14.7. The number of halogens is 4. The molecule has 0 heterocycles. The van der Waals surface area contributed by atoms with Gasteiger partial charge in [-0.05, 0) is 48.9 Å². The SMILES string of the molecule is CNC(Cc1ccc(Cl)c(Cl)c1)c1ccc(F)c(F)c1. The summed E-state index contributed by atoms with van der Waals surface area (Å²) in [5, 5.41) is 4.05. The van der Waals surface area contributed by atoms with E-state index < -0.39 is 11.6 Å². The fraction of sp³-hybridized carbons (Fsp3) is 0.200. The molecule has 1 nitrogen and oxygen atoms in total. The third-order valence-corrected chi connectivity index (χ3v) is 3.86. The summed E-state index contributed by atoms with van der Waals surface area (Å²) in [6, 6.07) is 9.11. The van der Waals surface area contributed by atoms with Crippen LogP contribution in [0.15, 0.2) is 36.4 Å². The minimum absolute atomic E-state index is 0.137. The van der Waals surface area contributed by atoms with E-state index in [0.717, 1.165) is 11.6 Å². The molecule has 0 aliphatic rings. The molecule has 5 heteroatoms. The highest BCUT2D eigenvalue weighted by Crippen LogP contribution is 2.26. The first kappa shape index (κ1) is 15.2. The van der Waals surface area contributed by atoms with Crippen molar-refractivity contribution in [1.29, 1.82) is 0 Å². The number of likely N-dealkylation sites (N-methyl/N-ethyl adjacent to an activating group) is 1. The summed E-state index contributed by atoms with van der Waals surface area (Å²) < 4.78 is 26.3. The molecule has 1 atom stereocenters. The van der Waals surface area contributed by atoms with Gasteiger partial charge in [-0.1, -0.05) is 35.3 Å². The summed E-state index contributed by atoms with van der Waals surface area (Å²) in [6.45, 7) is 0. The molecule has 0 saturated heterocycles. The van der Waals surface area contributed by atoms with Crippen LogP contribution in [-0.2, 0) is 6.42 Å². The zero-order valence-corrected chi connectivity index (χ0v) is 12.3. The van der Waals surface area contributed by atoms with Gasteiger partial charge in [0.05, 0.1) is 10.0 Å². The van der Waals surface area contributed by atoms with Crippen LogP contribution >= 0.6 is 23.2 Å². The molecule has 1 unspecified atom stereocenters. The number of nitrogens with one attached hydrogen (secondary N) is 1. The third kappa shape index (κ3) is 3.48. The molecule has 0 spiro atoms. The first-order valence-electron chi connectivity index (χ1n) is 6.07. The molecular formula is C15H13Cl2F2N. The molecule has 0 fully saturated rings. The van der Waals surface area contributed by atoms with Crippen molar-refractivity contribution in [3.8, 4) is 0 Å². The fourth-order valence-corrected chi connectivity index (χ4v) is 2.34. The first-order valence-corrected chi connectivity index (χ1v) is 6.83. The van der Waals surface area contributed by atoms with E-state index in [1.807, 2.05) is 6.07 Å². The topological polar surface area (TPSA) is 12.0 Å². The van der Waals surface area contributed by atoms with Crippen molar-refractivity contribution in [2.24, 2.45) is 0 Å². The number of hydrogen-bond donors (Lipinski definition) is 1. The van der Waals surface area contributed by atoms with Crippen molar-refractivity contribution in [2.45, 2.75) is 12.5 Å². The fourth-order valence-electron chi connectivity index (χ4n) is 2.02. The van der Waals surface area contributed by atoms with Crippen LogP contribution in [0.3, 0.4) is 0 Å². The lowest BCUT2D eigenvalue weighted by atomic mass is 9.99. The van der Waals surface area contributed by atoms with Crippen LogP contribution in [0.2, 0.25) is 10.0 Å². The Morgan fingerprint density at radius 3 is 2.35 bits per heavy atom. The molecule has 20 heavy (non-hydrogen) atoms. The van der Waals surface area contributed by atoms with Crippen molar-refractivity contribution >= 4 is 23.2 Å². The summed E-state index contributed by atoms with van der Waals surface area (Å²) in [4.78, 5) is 0. The molecule has 0 radical (unpaired) electrons. The Kier molecular flexibility index (Phi) is 4.97. The molecule has 0 bridgehead atoms. The molecule has 0 aromatic heterocycles. The van der Waals surface area contributed by atoms with Gasteiger partial charge < -0.3 is 5.32 Å². The van der Waals surface area contributed by atoms with Crippen LogP contribution in [0.25, 0.3) is 0 Å². The lowest BCUT2D eigenvalue weighted by Crippen LogP contribution is -2.19. The minimum Gasteiger partial charge on any atom is -0.313 e. The Hall–Kier alpha value is -1.16. The second-order valence-electron chi connectivity index (χ2n) is 4.47. The highest BCUT2D eigenvalue weighted by atomic mass is 35.5. The Bertz CT molecular complexity index is 617. The largest absolute Gasteiger partial charge is 0.313 e. The van der Waals surface area contributed by atoms with Gasteiger partial charge in [0.15, 0.2) is 11.6 Å². The Labute approximate surface area is 126 Å². The second-order valence-corrected chi connectivity index (χ2v) is 5.28. The minimum atomic E-state index is -0.850. The summed E-state index contributed by atoms with van der Waals surface area (Å²) in [5.74, 6) is -1.70. The van der Waals surface area contributed by atoms with Crippen LogP contribution < -0.4 is 5.32 Å². The lowest BCUT2D eigenvalue weighted by Gasteiger charge is -2.17. The maximum atomic E-state index is 13.3. The highest BCUT2D eigenvalue weighted by molar-refractivity contribution is 6.42. The zero-order valence-electron chi connectivity index (χ0n) is 10.8. The molecule has 0 amide bonds. The Balaban J connectivity index is 2.23. The Morgan fingerprint density at radius 1 is 1.00 bits per heavy atom. The van der Waals surface area contributed by atoms with Crippen molar-refractivity contribution in [1.82, 2.24) is 5.32 Å².